The summed E-state index contributed by atoms with van der Waals surface area (Å²) in [6.45, 7) is -1.37. The minimum atomic E-state index is -4.73. The first kappa shape index (κ1) is 15.8. The summed E-state index contributed by atoms with van der Waals surface area (Å²) in [6, 6.07) is -1.73. The van der Waals surface area contributed by atoms with Crippen molar-refractivity contribution in [3.63, 3.8) is 0 Å². The van der Waals surface area contributed by atoms with Crippen LogP contribution in [0.1, 0.15) is 12.8 Å². The summed E-state index contributed by atoms with van der Waals surface area (Å²) < 4.78 is 63.4. The van der Waals surface area contributed by atoms with Crippen LogP contribution in [0.2, 0.25) is 0 Å². The number of carbonyl (C=O) groups excluding carboxylic acids is 1. The molecule has 21 heavy (non-hydrogen) atoms. The summed E-state index contributed by atoms with van der Waals surface area (Å²) in [5.74, 6) is -8.38. The van der Waals surface area contributed by atoms with Gasteiger partial charge in [-0.25, -0.2) is 13.6 Å². The number of nitrogens with zero attached hydrogens (tertiary/aromatic N) is 1. The number of amides is 2. The van der Waals surface area contributed by atoms with Gasteiger partial charge in [0.15, 0.2) is 0 Å². The molecule has 10 heteroatoms. The molecular formula is C11H13F5N2O3. The van der Waals surface area contributed by atoms with Crippen molar-refractivity contribution in [2.45, 2.75) is 31.0 Å². The molecule has 0 aromatic heterocycles. The molecule has 1 heterocycles. The Morgan fingerprint density at radius 2 is 1.76 bits per heavy atom. The lowest BCUT2D eigenvalue weighted by Crippen LogP contribution is -2.53. The molecule has 1 aliphatic carbocycles. The van der Waals surface area contributed by atoms with E-state index in [-0.39, 0.29) is 0 Å². The van der Waals surface area contributed by atoms with E-state index in [2.05, 4.69) is 5.32 Å². The van der Waals surface area contributed by atoms with Crippen molar-refractivity contribution in [3.05, 3.63) is 0 Å². The van der Waals surface area contributed by atoms with Gasteiger partial charge >= 0.3 is 18.2 Å². The van der Waals surface area contributed by atoms with E-state index in [0.29, 0.717) is 4.90 Å². The van der Waals surface area contributed by atoms with E-state index in [4.69, 9.17) is 5.11 Å². The molecule has 0 bridgehead atoms. The van der Waals surface area contributed by atoms with Gasteiger partial charge in [-0.1, -0.05) is 0 Å². The maximum absolute atomic E-state index is 12.7. The highest BCUT2D eigenvalue weighted by Gasteiger charge is 2.54. The monoisotopic (exact) mass is 316 g/mol. The summed E-state index contributed by atoms with van der Waals surface area (Å²) in [7, 11) is 0. The average Bonchev–Trinajstić information content (AvgIpc) is 2.70. The van der Waals surface area contributed by atoms with Crippen molar-refractivity contribution in [1.82, 2.24) is 10.2 Å². The number of carbonyl (C=O) groups is 2. The summed E-state index contributed by atoms with van der Waals surface area (Å²) in [6.07, 6.45) is -5.85. The van der Waals surface area contributed by atoms with Crippen LogP contribution in [0.3, 0.4) is 0 Å². The molecular weight excluding hydrogens is 303 g/mol. The van der Waals surface area contributed by atoms with Gasteiger partial charge in [-0.3, -0.25) is 4.79 Å². The highest BCUT2D eigenvalue weighted by molar-refractivity contribution is 5.78. The molecule has 0 aromatic carbocycles. The Bertz CT molecular complexity index is 446. The third kappa shape index (κ3) is 3.35. The topological polar surface area (TPSA) is 69.6 Å². The van der Waals surface area contributed by atoms with Gasteiger partial charge in [-0.05, 0) is 0 Å². The smallest absolute Gasteiger partial charge is 0.394 e. The predicted octanol–water partition coefficient (Wildman–Crippen LogP) is 1.69. The van der Waals surface area contributed by atoms with Crippen molar-refractivity contribution in [2.24, 2.45) is 11.8 Å². The van der Waals surface area contributed by atoms with Crippen LogP contribution in [0.4, 0.5) is 26.7 Å². The van der Waals surface area contributed by atoms with E-state index >= 15 is 0 Å². The zero-order chi connectivity index (χ0) is 16.0. The van der Waals surface area contributed by atoms with Crippen LogP contribution in [-0.4, -0.2) is 53.2 Å². The molecule has 1 saturated carbocycles. The normalized spacial score (nSPS) is 29.1. The van der Waals surface area contributed by atoms with Crippen LogP contribution in [0, 0.1) is 11.8 Å². The number of hydrogen-bond acceptors (Lipinski definition) is 2. The van der Waals surface area contributed by atoms with E-state index in [1.165, 1.54) is 0 Å². The van der Waals surface area contributed by atoms with Gasteiger partial charge in [0, 0.05) is 32.0 Å². The second-order valence-corrected chi connectivity index (χ2v) is 5.41. The number of hydrogen-bond donors (Lipinski definition) is 2. The zero-order valence-corrected chi connectivity index (χ0v) is 10.7. The summed E-state index contributed by atoms with van der Waals surface area (Å²) >= 11 is 0. The molecule has 1 aliphatic heterocycles. The van der Waals surface area contributed by atoms with E-state index in [1.54, 1.807) is 0 Å². The predicted molar refractivity (Wildman–Crippen MR) is 58.7 cm³/mol. The van der Waals surface area contributed by atoms with Crippen molar-refractivity contribution < 1.29 is 36.6 Å². The van der Waals surface area contributed by atoms with Gasteiger partial charge in [0.1, 0.15) is 0 Å². The van der Waals surface area contributed by atoms with Crippen LogP contribution in [0.5, 0.6) is 0 Å². The van der Waals surface area contributed by atoms with E-state index in [1.807, 2.05) is 0 Å². The number of alkyl halides is 5. The molecule has 2 atom stereocenters. The quantitative estimate of drug-likeness (QED) is 0.762. The van der Waals surface area contributed by atoms with Gasteiger partial charge in [0.2, 0.25) is 0 Å². The Hall–Kier alpha value is -1.61. The molecule has 2 N–H and O–H groups in total. The van der Waals surface area contributed by atoms with Gasteiger partial charge < -0.3 is 15.3 Å². The van der Waals surface area contributed by atoms with Crippen molar-refractivity contribution in [1.29, 1.82) is 0 Å². The first-order chi connectivity index (χ1) is 9.49. The molecule has 0 spiro atoms. The number of halogens is 5. The SMILES string of the molecule is O=C(O)[C@@H]1CN(C(=O)NC2CC(F)(F)C2)C[C@H]1C(F)(F)F. The van der Waals surface area contributed by atoms with Crippen molar-refractivity contribution in [2.75, 3.05) is 13.1 Å². The molecule has 5 nitrogen and oxygen atoms in total. The minimum Gasteiger partial charge on any atom is -0.481 e. The highest BCUT2D eigenvalue weighted by Crippen LogP contribution is 2.39. The van der Waals surface area contributed by atoms with Gasteiger partial charge in [0.05, 0.1) is 11.8 Å². The summed E-state index contributed by atoms with van der Waals surface area (Å²) in [5, 5.41) is 11.0. The standard InChI is InChI=1S/C11H13F5N2O3/c12-10(13)1-5(2-10)17-9(21)18-3-6(8(19)20)7(4-18)11(14,15)16/h5-7H,1-4H2,(H,17,21)(H,19,20)/t6-,7-/m1/s1. The molecule has 0 unspecified atom stereocenters. The van der Waals surface area contributed by atoms with Gasteiger partial charge in [-0.2, -0.15) is 13.2 Å². The lowest BCUT2D eigenvalue weighted by Gasteiger charge is -2.36. The molecule has 0 aromatic rings. The number of nitrogens with one attached hydrogen (secondary N) is 1. The Labute approximate surface area is 116 Å². The third-order valence-corrected chi connectivity index (χ3v) is 3.76. The van der Waals surface area contributed by atoms with Crippen molar-refractivity contribution >= 4 is 12.0 Å². The van der Waals surface area contributed by atoms with Crippen LogP contribution in [0.25, 0.3) is 0 Å². The first-order valence-electron chi connectivity index (χ1n) is 6.22. The molecule has 2 aliphatic rings. The lowest BCUT2D eigenvalue weighted by atomic mass is 9.88. The third-order valence-electron chi connectivity index (χ3n) is 3.76. The summed E-state index contributed by atoms with van der Waals surface area (Å²) in [5.41, 5.74) is 0. The van der Waals surface area contributed by atoms with E-state index in [0.717, 1.165) is 0 Å². The maximum Gasteiger partial charge on any atom is 0.394 e. The van der Waals surface area contributed by atoms with E-state index < -0.39 is 67.9 Å². The molecule has 0 radical (unpaired) electrons. The zero-order valence-electron chi connectivity index (χ0n) is 10.7. The second kappa shape index (κ2) is 4.99. The fraction of sp³-hybridized carbons (Fsp3) is 0.818. The molecule has 2 rings (SSSR count). The number of likely N-dealkylation sites (tertiary alicyclic amines) is 1. The highest BCUT2D eigenvalue weighted by atomic mass is 19.4. The molecule has 1 saturated heterocycles. The molecule has 2 fully saturated rings. The number of aliphatic carboxylic acids is 1. The maximum atomic E-state index is 12.7. The van der Waals surface area contributed by atoms with Gasteiger partial charge in [-0.15, -0.1) is 0 Å². The van der Waals surface area contributed by atoms with Crippen LogP contribution in [-0.2, 0) is 4.79 Å². The minimum absolute atomic E-state index is 0.558. The fourth-order valence-corrected chi connectivity index (χ4v) is 2.58. The Balaban J connectivity index is 1.96. The van der Waals surface area contributed by atoms with Crippen molar-refractivity contribution in [3.8, 4) is 0 Å². The number of carboxylic acids is 1. The Morgan fingerprint density at radius 1 is 1.19 bits per heavy atom. The number of carboxylic acid groups (broad SMARTS) is 1. The average molecular weight is 316 g/mol. The van der Waals surface area contributed by atoms with Crippen LogP contribution < -0.4 is 5.32 Å². The van der Waals surface area contributed by atoms with Crippen LogP contribution >= 0.6 is 0 Å². The molecule has 2 amide bonds. The second-order valence-electron chi connectivity index (χ2n) is 5.41. The molecule has 120 valence electrons. The lowest BCUT2D eigenvalue weighted by molar-refractivity contribution is -0.187. The number of rotatable bonds is 2. The van der Waals surface area contributed by atoms with Crippen LogP contribution in [0.15, 0.2) is 0 Å². The number of urea groups is 1. The Kier molecular flexibility index (Phi) is 3.75. The Morgan fingerprint density at radius 3 is 2.14 bits per heavy atom. The summed E-state index contributed by atoms with van der Waals surface area (Å²) in [4.78, 5) is 23.3. The largest absolute Gasteiger partial charge is 0.481 e. The van der Waals surface area contributed by atoms with Gasteiger partial charge in [0.25, 0.3) is 5.92 Å². The first-order valence-corrected chi connectivity index (χ1v) is 6.22. The fourth-order valence-electron chi connectivity index (χ4n) is 2.58. The van der Waals surface area contributed by atoms with E-state index in [9.17, 15) is 31.5 Å².